The van der Waals surface area contributed by atoms with Gasteiger partial charge in [-0.25, -0.2) is 29.1 Å². The van der Waals surface area contributed by atoms with E-state index in [2.05, 4.69) is 30.8 Å². The summed E-state index contributed by atoms with van der Waals surface area (Å²) in [6, 6.07) is 15.6. The van der Waals surface area contributed by atoms with E-state index in [1.54, 1.807) is 42.5 Å². The van der Waals surface area contributed by atoms with Crippen molar-refractivity contribution >= 4 is 17.2 Å². The summed E-state index contributed by atoms with van der Waals surface area (Å²) in [6.45, 7) is 0.198. The molecule has 3 aromatic heterocycles. The van der Waals surface area contributed by atoms with Gasteiger partial charge in [-0.3, -0.25) is 10.2 Å². The molecule has 0 bridgehead atoms. The molecule has 9 nitrogen and oxygen atoms in total. The number of anilines is 1. The molecule has 170 valence electrons. The first-order valence-corrected chi connectivity index (χ1v) is 10.2. The van der Waals surface area contributed by atoms with E-state index in [1.165, 1.54) is 28.9 Å². The topological polar surface area (TPSA) is 126 Å². The zero-order valence-electron chi connectivity index (χ0n) is 17.6. The number of rotatable bonds is 6. The molecule has 5 N–H and O–H groups in total. The number of imidazole rings is 2. The molecule has 0 saturated carbocycles. The number of nitrogens with two attached hydrogens (primary N) is 1. The van der Waals surface area contributed by atoms with E-state index in [1.807, 2.05) is 0 Å². The standard InChI is InChI=1S/C23H18F2N8O/c24-14-7-5-13(6-8-14)21-22(30-19(29-21)12-27-16-4-2-1-3-15(16)25)17-9-10-20-28-11-18(23(34)31-26)33(20)32-17/h1-11,27H,12,26H2,(H,29,30)(H,31,34). The van der Waals surface area contributed by atoms with Gasteiger partial charge in [0.15, 0.2) is 11.3 Å². The predicted octanol–water partition coefficient (Wildman–Crippen LogP) is 3.28. The largest absolute Gasteiger partial charge is 0.375 e. The number of para-hydroxylation sites is 1. The van der Waals surface area contributed by atoms with Crippen LogP contribution in [0.5, 0.6) is 0 Å². The Balaban J connectivity index is 1.58. The van der Waals surface area contributed by atoms with Gasteiger partial charge in [-0.05, 0) is 48.5 Å². The first-order valence-electron chi connectivity index (χ1n) is 10.2. The first kappa shape index (κ1) is 21.2. The third-order valence-corrected chi connectivity index (χ3v) is 5.17. The van der Waals surface area contributed by atoms with Gasteiger partial charge in [0, 0.05) is 5.56 Å². The Morgan fingerprint density at radius 1 is 1.06 bits per heavy atom. The molecule has 0 spiro atoms. The third kappa shape index (κ3) is 3.95. The van der Waals surface area contributed by atoms with E-state index >= 15 is 0 Å². The summed E-state index contributed by atoms with van der Waals surface area (Å²) in [4.78, 5) is 24.1. The number of carbonyl (C=O) groups excluding carboxylic acids is 1. The minimum Gasteiger partial charge on any atom is -0.375 e. The average molecular weight is 460 g/mol. The summed E-state index contributed by atoms with van der Waals surface area (Å²) in [5.41, 5.74) is 5.16. The number of nitrogen functional groups attached to an aromatic ring is 1. The van der Waals surface area contributed by atoms with Crippen molar-refractivity contribution in [2.24, 2.45) is 5.84 Å². The molecule has 34 heavy (non-hydrogen) atoms. The lowest BCUT2D eigenvalue weighted by Gasteiger charge is -2.05. The van der Waals surface area contributed by atoms with E-state index < -0.39 is 5.91 Å². The molecular weight excluding hydrogens is 442 g/mol. The molecule has 0 radical (unpaired) electrons. The number of aromatic nitrogens is 5. The van der Waals surface area contributed by atoms with Crippen LogP contribution in [-0.4, -0.2) is 30.5 Å². The Bertz CT molecular complexity index is 1490. The summed E-state index contributed by atoms with van der Waals surface area (Å²) < 4.78 is 28.9. The lowest BCUT2D eigenvalue weighted by atomic mass is 10.1. The molecule has 0 atom stereocenters. The van der Waals surface area contributed by atoms with Crippen LogP contribution in [0.1, 0.15) is 16.3 Å². The van der Waals surface area contributed by atoms with Gasteiger partial charge in [0.1, 0.15) is 28.8 Å². The molecule has 0 fully saturated rings. The first-order chi connectivity index (χ1) is 16.5. The Morgan fingerprint density at radius 2 is 1.85 bits per heavy atom. The lowest BCUT2D eigenvalue weighted by Crippen LogP contribution is -2.31. The summed E-state index contributed by atoms with van der Waals surface area (Å²) in [7, 11) is 0. The molecule has 0 aliphatic heterocycles. The molecule has 3 heterocycles. The van der Waals surface area contributed by atoms with Crippen LogP contribution in [0.2, 0.25) is 0 Å². The van der Waals surface area contributed by atoms with Crippen molar-refractivity contribution in [2.45, 2.75) is 6.54 Å². The molecular formula is C23H18F2N8O. The smallest absolute Gasteiger partial charge is 0.285 e. The molecule has 0 saturated heterocycles. The van der Waals surface area contributed by atoms with E-state index in [4.69, 9.17) is 5.84 Å². The van der Waals surface area contributed by atoms with Gasteiger partial charge in [-0.2, -0.15) is 5.10 Å². The van der Waals surface area contributed by atoms with E-state index in [0.717, 1.165) is 0 Å². The van der Waals surface area contributed by atoms with Gasteiger partial charge >= 0.3 is 0 Å². The molecule has 5 rings (SSSR count). The number of benzene rings is 2. The number of halogens is 2. The summed E-state index contributed by atoms with van der Waals surface area (Å²) in [5.74, 6) is 4.46. The van der Waals surface area contributed by atoms with Crippen LogP contribution < -0.4 is 16.6 Å². The monoisotopic (exact) mass is 460 g/mol. The van der Waals surface area contributed by atoms with Gasteiger partial charge in [0.25, 0.3) is 5.91 Å². The number of hydrazine groups is 1. The second-order valence-corrected chi connectivity index (χ2v) is 7.35. The number of hydrogen-bond acceptors (Lipinski definition) is 6. The quantitative estimate of drug-likeness (QED) is 0.175. The fraction of sp³-hybridized carbons (Fsp3) is 0.0435. The minimum atomic E-state index is -0.548. The highest BCUT2D eigenvalue weighted by Crippen LogP contribution is 2.30. The van der Waals surface area contributed by atoms with Crippen molar-refractivity contribution < 1.29 is 13.6 Å². The number of H-pyrrole nitrogens is 1. The number of amides is 1. The Hall–Kier alpha value is -4.64. The van der Waals surface area contributed by atoms with Crippen LogP contribution in [0.3, 0.4) is 0 Å². The predicted molar refractivity (Wildman–Crippen MR) is 121 cm³/mol. The minimum absolute atomic E-state index is 0.152. The maximum absolute atomic E-state index is 14.0. The van der Waals surface area contributed by atoms with Crippen LogP contribution in [0.25, 0.3) is 28.3 Å². The van der Waals surface area contributed by atoms with Gasteiger partial charge in [0.05, 0.1) is 24.1 Å². The SMILES string of the molecule is NNC(=O)c1cnc2ccc(-c3nc(CNc4ccccc4F)[nH]c3-c3ccc(F)cc3)nn12. The molecule has 11 heteroatoms. The highest BCUT2D eigenvalue weighted by Gasteiger charge is 2.18. The Morgan fingerprint density at radius 3 is 2.62 bits per heavy atom. The number of nitrogens with one attached hydrogen (secondary N) is 3. The number of fused-ring (bicyclic) bond motifs is 1. The van der Waals surface area contributed by atoms with Gasteiger partial charge < -0.3 is 10.3 Å². The summed E-state index contributed by atoms with van der Waals surface area (Å²) in [5, 5.41) is 7.53. The highest BCUT2D eigenvalue weighted by atomic mass is 19.1. The zero-order chi connectivity index (χ0) is 23.7. The summed E-state index contributed by atoms with van der Waals surface area (Å²) >= 11 is 0. The second kappa shape index (κ2) is 8.71. The van der Waals surface area contributed by atoms with Crippen LogP contribution in [-0.2, 0) is 6.54 Å². The fourth-order valence-electron chi connectivity index (χ4n) is 3.53. The highest BCUT2D eigenvalue weighted by molar-refractivity contribution is 5.92. The van der Waals surface area contributed by atoms with E-state index in [9.17, 15) is 13.6 Å². The van der Waals surface area contributed by atoms with Crippen molar-refractivity contribution in [2.75, 3.05) is 5.32 Å². The molecule has 2 aromatic carbocycles. The second-order valence-electron chi connectivity index (χ2n) is 7.35. The number of carbonyl (C=O) groups is 1. The molecule has 0 aliphatic rings. The lowest BCUT2D eigenvalue weighted by molar-refractivity contribution is 0.0946. The molecule has 5 aromatic rings. The van der Waals surface area contributed by atoms with Crippen molar-refractivity contribution in [3.63, 3.8) is 0 Å². The van der Waals surface area contributed by atoms with Crippen LogP contribution >= 0.6 is 0 Å². The van der Waals surface area contributed by atoms with Crippen molar-refractivity contribution in [3.8, 4) is 22.6 Å². The molecule has 0 aliphatic carbocycles. The van der Waals surface area contributed by atoms with Crippen LogP contribution in [0.4, 0.5) is 14.5 Å². The van der Waals surface area contributed by atoms with Crippen molar-refractivity contribution in [1.29, 1.82) is 0 Å². The number of nitrogens with zero attached hydrogens (tertiary/aromatic N) is 4. The van der Waals surface area contributed by atoms with Crippen LogP contribution in [0, 0.1) is 11.6 Å². The Labute approximate surface area is 191 Å². The maximum Gasteiger partial charge on any atom is 0.285 e. The molecule has 1 amide bonds. The van der Waals surface area contributed by atoms with Crippen molar-refractivity contribution in [3.05, 3.63) is 90.0 Å². The number of aromatic amines is 1. The number of hydrogen-bond donors (Lipinski definition) is 4. The van der Waals surface area contributed by atoms with E-state index in [-0.39, 0.29) is 23.9 Å². The van der Waals surface area contributed by atoms with Gasteiger partial charge in [-0.15, -0.1) is 0 Å². The molecule has 0 unspecified atom stereocenters. The average Bonchev–Trinajstić information content (AvgIpc) is 3.47. The van der Waals surface area contributed by atoms with Gasteiger partial charge in [-0.1, -0.05) is 12.1 Å². The third-order valence-electron chi connectivity index (χ3n) is 5.17. The van der Waals surface area contributed by atoms with E-state index in [0.29, 0.717) is 39.8 Å². The van der Waals surface area contributed by atoms with Crippen molar-refractivity contribution in [1.82, 2.24) is 30.0 Å². The zero-order valence-corrected chi connectivity index (χ0v) is 17.6. The van der Waals surface area contributed by atoms with Crippen LogP contribution in [0.15, 0.2) is 66.9 Å². The normalized spacial score (nSPS) is 11.0. The maximum atomic E-state index is 14.0. The Kier molecular flexibility index (Phi) is 5.44. The fourth-order valence-corrected chi connectivity index (χ4v) is 3.53. The summed E-state index contributed by atoms with van der Waals surface area (Å²) in [6.07, 6.45) is 1.36. The van der Waals surface area contributed by atoms with Gasteiger partial charge in [0.2, 0.25) is 0 Å².